The van der Waals surface area contributed by atoms with Crippen LogP contribution in [0.15, 0.2) is 112 Å². The molecule has 48 heavy (non-hydrogen) atoms. The van der Waals surface area contributed by atoms with Crippen LogP contribution in [0, 0.1) is 12.8 Å². The van der Waals surface area contributed by atoms with Gasteiger partial charge in [-0.15, -0.1) is 0 Å². The lowest BCUT2D eigenvalue weighted by Crippen LogP contribution is -2.11. The molecule has 0 bridgehead atoms. The Morgan fingerprint density at radius 3 is 2.44 bits per heavy atom. The number of oxime groups is 1. The van der Waals surface area contributed by atoms with Crippen LogP contribution in [0.1, 0.15) is 81.2 Å². The molecular formula is C43H42N2O2S. The quantitative estimate of drug-likeness (QED) is 0.0887. The second-order valence-electron chi connectivity index (χ2n) is 12.9. The highest BCUT2D eigenvalue weighted by molar-refractivity contribution is 7.99. The van der Waals surface area contributed by atoms with Crippen molar-refractivity contribution >= 4 is 61.6 Å². The molecule has 0 saturated carbocycles. The average molecular weight is 651 g/mol. The van der Waals surface area contributed by atoms with E-state index in [-0.39, 0.29) is 0 Å². The van der Waals surface area contributed by atoms with Crippen molar-refractivity contribution in [2.24, 2.45) is 11.1 Å². The minimum absolute atomic E-state index is 0.439. The third-order valence-electron chi connectivity index (χ3n) is 9.84. The molecule has 6 aromatic rings. The van der Waals surface area contributed by atoms with Crippen molar-refractivity contribution in [3.63, 3.8) is 0 Å². The van der Waals surface area contributed by atoms with E-state index in [9.17, 15) is 4.79 Å². The van der Waals surface area contributed by atoms with E-state index in [1.54, 1.807) is 0 Å². The van der Waals surface area contributed by atoms with Crippen LogP contribution in [0.5, 0.6) is 0 Å². The summed E-state index contributed by atoms with van der Waals surface area (Å²) in [6, 6.07) is 32.6. The molecule has 242 valence electrons. The van der Waals surface area contributed by atoms with E-state index < -0.39 is 5.97 Å². The van der Waals surface area contributed by atoms with Crippen LogP contribution in [-0.4, -0.2) is 16.2 Å². The Bertz CT molecular complexity index is 2260. The van der Waals surface area contributed by atoms with Crippen molar-refractivity contribution in [2.75, 3.05) is 0 Å². The number of rotatable bonds is 9. The zero-order valence-corrected chi connectivity index (χ0v) is 29.3. The predicted molar refractivity (Wildman–Crippen MR) is 202 cm³/mol. The van der Waals surface area contributed by atoms with Crippen molar-refractivity contribution < 1.29 is 9.63 Å². The third-order valence-corrected chi connectivity index (χ3v) is 11.0. The topological polar surface area (TPSA) is 43.6 Å². The summed E-state index contributed by atoms with van der Waals surface area (Å²) >= 11 is 1.89. The minimum Gasteiger partial charge on any atom is -0.340 e. The van der Waals surface area contributed by atoms with Crippen LogP contribution in [0.25, 0.3) is 38.2 Å². The molecule has 1 aromatic heterocycles. The fourth-order valence-corrected chi connectivity index (χ4v) is 8.72. The van der Waals surface area contributed by atoms with Gasteiger partial charge in [0.2, 0.25) is 0 Å². The van der Waals surface area contributed by atoms with Crippen molar-refractivity contribution in [1.29, 1.82) is 0 Å². The van der Waals surface area contributed by atoms with Gasteiger partial charge in [-0.3, -0.25) is 0 Å². The highest BCUT2D eigenvalue weighted by Crippen LogP contribution is 2.53. The Morgan fingerprint density at radius 1 is 0.938 bits per heavy atom. The molecule has 5 aromatic carbocycles. The van der Waals surface area contributed by atoms with Gasteiger partial charge < -0.3 is 9.40 Å². The molecule has 0 fully saturated rings. The summed E-state index contributed by atoms with van der Waals surface area (Å²) in [5.74, 6) is 0.136. The number of fused-ring (bicyclic) bond motifs is 9. The fourth-order valence-electron chi connectivity index (χ4n) is 7.43. The molecule has 0 aliphatic carbocycles. The summed E-state index contributed by atoms with van der Waals surface area (Å²) < 4.78 is 2.61. The van der Waals surface area contributed by atoms with Gasteiger partial charge in [-0.1, -0.05) is 129 Å². The molecule has 0 saturated heterocycles. The van der Waals surface area contributed by atoms with Crippen LogP contribution in [0.4, 0.5) is 0 Å². The number of nitrogens with zero attached hydrogens (tertiary/aromatic N) is 2. The van der Waals surface area contributed by atoms with Gasteiger partial charge in [0.15, 0.2) is 0 Å². The van der Waals surface area contributed by atoms with Crippen molar-refractivity contribution in [1.82, 2.24) is 4.57 Å². The van der Waals surface area contributed by atoms with Gasteiger partial charge in [-0.25, -0.2) is 4.79 Å². The minimum atomic E-state index is -0.439. The largest absolute Gasteiger partial charge is 0.340 e. The molecule has 7 rings (SSSR count). The second-order valence-corrected chi connectivity index (χ2v) is 13.9. The molecule has 2 heterocycles. The summed E-state index contributed by atoms with van der Waals surface area (Å²) in [4.78, 5) is 19.9. The van der Waals surface area contributed by atoms with Gasteiger partial charge in [0.25, 0.3) is 0 Å². The zero-order chi connectivity index (χ0) is 33.4. The molecular weight excluding hydrogens is 609 g/mol. The van der Waals surface area contributed by atoms with Crippen LogP contribution in [-0.2, 0) is 16.2 Å². The van der Waals surface area contributed by atoms with Crippen LogP contribution in [0.3, 0.4) is 0 Å². The Morgan fingerprint density at radius 2 is 1.69 bits per heavy atom. The fraction of sp³-hybridized carbons (Fsp3) is 0.256. The maximum absolute atomic E-state index is 12.0. The third kappa shape index (κ3) is 5.54. The second kappa shape index (κ2) is 13.5. The van der Waals surface area contributed by atoms with Gasteiger partial charge in [-0.05, 0) is 66.5 Å². The first-order valence-corrected chi connectivity index (χ1v) is 18.0. The van der Waals surface area contributed by atoms with Crippen molar-refractivity contribution in [3.05, 3.63) is 125 Å². The average Bonchev–Trinajstić information content (AvgIpc) is 3.43. The number of allylic oxidation sites excluding steroid dienone is 1. The first-order chi connectivity index (χ1) is 23.4. The summed E-state index contributed by atoms with van der Waals surface area (Å²) in [5.41, 5.74) is 9.98. The van der Waals surface area contributed by atoms with Crippen LogP contribution >= 0.6 is 11.8 Å². The number of carbonyl (C=O) groups excluding carboxylic acids is 1. The van der Waals surface area contributed by atoms with Crippen molar-refractivity contribution in [2.45, 2.75) is 76.6 Å². The van der Waals surface area contributed by atoms with Gasteiger partial charge in [0.05, 0.1) is 5.52 Å². The van der Waals surface area contributed by atoms with E-state index in [0.29, 0.717) is 11.6 Å². The first kappa shape index (κ1) is 32.0. The number of hydrogen-bond acceptors (Lipinski definition) is 4. The molecule has 0 radical (unpaired) electrons. The summed E-state index contributed by atoms with van der Waals surface area (Å²) in [7, 11) is 0. The Hall–Kier alpha value is -4.61. The van der Waals surface area contributed by atoms with Gasteiger partial charge in [-0.2, -0.15) is 0 Å². The monoisotopic (exact) mass is 650 g/mol. The van der Waals surface area contributed by atoms with Gasteiger partial charge >= 0.3 is 5.97 Å². The molecule has 0 spiro atoms. The normalized spacial score (nSPS) is 14.4. The van der Waals surface area contributed by atoms with E-state index in [0.717, 1.165) is 29.7 Å². The molecule has 1 unspecified atom stereocenters. The van der Waals surface area contributed by atoms with E-state index in [2.05, 4.69) is 116 Å². The highest BCUT2D eigenvalue weighted by atomic mass is 32.2. The van der Waals surface area contributed by atoms with Crippen molar-refractivity contribution in [3.8, 4) is 0 Å². The van der Waals surface area contributed by atoms with E-state index >= 15 is 0 Å². The Kier molecular flexibility index (Phi) is 8.98. The van der Waals surface area contributed by atoms with E-state index in [4.69, 9.17) is 4.84 Å². The van der Waals surface area contributed by atoms with E-state index in [1.165, 1.54) is 85.3 Å². The molecule has 4 nitrogen and oxygen atoms in total. The lowest BCUT2D eigenvalue weighted by Gasteiger charge is -2.25. The highest BCUT2D eigenvalue weighted by Gasteiger charge is 2.29. The Labute approximate surface area is 287 Å². The molecule has 1 atom stereocenters. The smallest absolute Gasteiger partial charge is 0.332 e. The lowest BCUT2D eigenvalue weighted by molar-refractivity contribution is -0.140. The number of carbonyl (C=O) groups is 1. The summed E-state index contributed by atoms with van der Waals surface area (Å²) in [5, 5.41) is 9.50. The number of aromatic nitrogens is 1. The summed E-state index contributed by atoms with van der Waals surface area (Å²) in [6.45, 7) is 11.2. The predicted octanol–water partition coefficient (Wildman–Crippen LogP) is 11.7. The first-order valence-electron chi connectivity index (χ1n) is 17.2. The van der Waals surface area contributed by atoms with Gasteiger partial charge in [0.1, 0.15) is 5.71 Å². The lowest BCUT2D eigenvalue weighted by atomic mass is 9.90. The molecule has 5 heteroatoms. The molecule has 0 N–H and O–H groups in total. The number of unbranched alkanes of at least 4 members (excludes halogenated alkanes) is 1. The summed E-state index contributed by atoms with van der Waals surface area (Å²) in [6.07, 6.45) is 7.07. The van der Waals surface area contributed by atoms with Crippen LogP contribution < -0.4 is 0 Å². The molecule has 1 aliphatic rings. The zero-order valence-electron chi connectivity index (χ0n) is 28.5. The number of hydrogen-bond donors (Lipinski definition) is 0. The SMILES string of the molecule is CC=C1c2ccccc2Sc2c1c1ccccc1c1c2c2cc(C(=NOC(C)=O)c3ccccc3C)ccc2n1CC(CC)CCCC. The van der Waals surface area contributed by atoms with Gasteiger partial charge in [0, 0.05) is 61.6 Å². The maximum atomic E-state index is 12.0. The molecule has 1 aliphatic heterocycles. The van der Waals surface area contributed by atoms with Crippen LogP contribution in [0.2, 0.25) is 0 Å². The van der Waals surface area contributed by atoms with E-state index in [1.807, 2.05) is 30.0 Å². The standard InChI is InChI=1S/C43H42N2O2S/c1-6-9-17-29(7-2)26-45-37-24-23-30(41(44-47-28(5)46)32-18-11-10-16-27(32)4)25-36(37)40-42(45)35-21-13-12-20-34(35)39-31(8-3)33-19-14-15-22-38(33)48-43(39)40/h8,10-16,18-25,29H,6-7,9,17,26H2,1-5H3. The Balaban J connectivity index is 1.60. The number of benzene rings is 5. The molecule has 0 amide bonds. The number of aryl methyl sites for hydroxylation is 1. The maximum Gasteiger partial charge on any atom is 0.332 e.